The molecular weight excluding hydrogens is 326 g/mol. The van der Waals surface area contributed by atoms with Gasteiger partial charge in [0.1, 0.15) is 12.4 Å². The number of nitrogens with zero attached hydrogens (tertiary/aromatic N) is 2. The van der Waals surface area contributed by atoms with Crippen molar-refractivity contribution in [3.05, 3.63) is 47.3 Å². The van der Waals surface area contributed by atoms with Crippen LogP contribution in [0.3, 0.4) is 0 Å². The monoisotopic (exact) mass is 343 g/mol. The summed E-state index contributed by atoms with van der Waals surface area (Å²) in [6, 6.07) is 7.65. The van der Waals surface area contributed by atoms with Crippen LogP contribution in [0.2, 0.25) is 0 Å². The standard InChI is InChI=1S/C17H17N3O3S/c1-11-15(18-8-12-9-22-6-7-23-16(11)12)10-24(21)17-19-13-4-2-3-5-14(13)20-17/h2-5,8H,6-7,9-10H2,1H3,(H,19,20). The highest BCUT2D eigenvalue weighted by atomic mass is 32.2. The summed E-state index contributed by atoms with van der Waals surface area (Å²) >= 11 is 0. The van der Waals surface area contributed by atoms with Crippen LogP contribution in [0.15, 0.2) is 35.6 Å². The number of imidazole rings is 1. The number of para-hydroxylation sites is 2. The Kier molecular flexibility index (Phi) is 4.03. The van der Waals surface area contributed by atoms with E-state index < -0.39 is 10.8 Å². The molecule has 1 N–H and O–H groups in total. The number of nitrogens with one attached hydrogen (secondary N) is 1. The van der Waals surface area contributed by atoms with Crippen LogP contribution in [0.25, 0.3) is 11.0 Å². The molecule has 7 heteroatoms. The molecular formula is C17H17N3O3S. The predicted molar refractivity (Wildman–Crippen MR) is 90.3 cm³/mol. The van der Waals surface area contributed by atoms with Crippen molar-refractivity contribution in [2.75, 3.05) is 13.2 Å². The van der Waals surface area contributed by atoms with Crippen molar-refractivity contribution >= 4 is 21.8 Å². The average Bonchev–Trinajstić information content (AvgIpc) is 2.88. The number of hydrogen-bond acceptors (Lipinski definition) is 5. The van der Waals surface area contributed by atoms with Crippen LogP contribution >= 0.6 is 0 Å². The second-order valence-corrected chi connectivity index (χ2v) is 7.00. The number of hydrogen-bond donors (Lipinski definition) is 1. The molecule has 0 spiro atoms. The molecule has 124 valence electrons. The molecule has 1 atom stereocenters. The highest BCUT2D eigenvalue weighted by molar-refractivity contribution is 7.84. The van der Waals surface area contributed by atoms with Crippen LogP contribution in [0.5, 0.6) is 5.75 Å². The maximum Gasteiger partial charge on any atom is 0.197 e. The summed E-state index contributed by atoms with van der Waals surface area (Å²) in [6.07, 6.45) is 1.75. The Bertz CT molecular complexity index is 890. The van der Waals surface area contributed by atoms with Crippen LogP contribution in [-0.4, -0.2) is 32.4 Å². The fourth-order valence-electron chi connectivity index (χ4n) is 2.75. The van der Waals surface area contributed by atoms with Gasteiger partial charge in [0.25, 0.3) is 0 Å². The summed E-state index contributed by atoms with van der Waals surface area (Å²) in [5, 5.41) is 0.469. The van der Waals surface area contributed by atoms with Gasteiger partial charge >= 0.3 is 0 Å². The number of benzene rings is 1. The molecule has 0 fully saturated rings. The van der Waals surface area contributed by atoms with Gasteiger partial charge in [-0.15, -0.1) is 0 Å². The third-order valence-corrected chi connectivity index (χ3v) is 5.18. The van der Waals surface area contributed by atoms with Gasteiger partial charge in [0.15, 0.2) is 5.16 Å². The highest BCUT2D eigenvalue weighted by Gasteiger charge is 2.18. The molecule has 1 aliphatic rings. The Balaban J connectivity index is 1.62. The van der Waals surface area contributed by atoms with Gasteiger partial charge in [-0.1, -0.05) is 12.1 Å². The molecule has 0 aliphatic carbocycles. The van der Waals surface area contributed by atoms with Crippen molar-refractivity contribution in [3.63, 3.8) is 0 Å². The zero-order valence-corrected chi connectivity index (χ0v) is 14.1. The highest BCUT2D eigenvalue weighted by Crippen LogP contribution is 2.28. The van der Waals surface area contributed by atoms with Gasteiger partial charge in [-0.2, -0.15) is 0 Å². The largest absolute Gasteiger partial charge is 0.490 e. The Morgan fingerprint density at radius 1 is 1.29 bits per heavy atom. The fourth-order valence-corrected chi connectivity index (χ4v) is 3.85. The van der Waals surface area contributed by atoms with Crippen molar-refractivity contribution in [3.8, 4) is 5.75 Å². The molecule has 24 heavy (non-hydrogen) atoms. The molecule has 4 rings (SSSR count). The number of aromatic amines is 1. The van der Waals surface area contributed by atoms with E-state index in [2.05, 4.69) is 15.0 Å². The second kappa shape index (κ2) is 6.33. The Morgan fingerprint density at radius 3 is 3.04 bits per heavy atom. The lowest BCUT2D eigenvalue weighted by Gasteiger charge is -2.12. The molecule has 1 unspecified atom stereocenters. The summed E-state index contributed by atoms with van der Waals surface area (Å²) in [6.45, 7) is 3.52. The number of H-pyrrole nitrogens is 1. The molecule has 2 aromatic heterocycles. The lowest BCUT2D eigenvalue weighted by molar-refractivity contribution is 0.106. The second-order valence-electron chi connectivity index (χ2n) is 5.63. The van der Waals surface area contributed by atoms with Crippen molar-refractivity contribution in [2.45, 2.75) is 24.4 Å². The molecule has 0 saturated heterocycles. The van der Waals surface area contributed by atoms with Crippen LogP contribution in [0.1, 0.15) is 16.8 Å². The first-order valence-corrected chi connectivity index (χ1v) is 9.05. The van der Waals surface area contributed by atoms with Crippen molar-refractivity contribution in [1.29, 1.82) is 0 Å². The van der Waals surface area contributed by atoms with E-state index in [4.69, 9.17) is 9.47 Å². The first kappa shape index (κ1) is 15.3. The molecule has 0 amide bonds. The van der Waals surface area contributed by atoms with Gasteiger partial charge in [-0.25, -0.2) is 4.98 Å². The topological polar surface area (TPSA) is 77.1 Å². The first-order valence-electron chi connectivity index (χ1n) is 7.73. The number of rotatable bonds is 3. The molecule has 0 radical (unpaired) electrons. The van der Waals surface area contributed by atoms with Crippen molar-refractivity contribution in [2.24, 2.45) is 0 Å². The van der Waals surface area contributed by atoms with E-state index in [9.17, 15) is 4.21 Å². The molecule has 0 saturated carbocycles. The van der Waals surface area contributed by atoms with E-state index in [0.29, 0.717) is 30.7 Å². The molecule has 6 nitrogen and oxygen atoms in total. The average molecular weight is 343 g/mol. The Morgan fingerprint density at radius 2 is 2.17 bits per heavy atom. The van der Waals surface area contributed by atoms with E-state index >= 15 is 0 Å². The minimum atomic E-state index is -1.30. The zero-order chi connectivity index (χ0) is 16.5. The van der Waals surface area contributed by atoms with Gasteiger partial charge in [-0.3, -0.25) is 9.19 Å². The zero-order valence-electron chi connectivity index (χ0n) is 13.2. The quantitative estimate of drug-likeness (QED) is 0.790. The molecule has 0 bridgehead atoms. The number of aromatic nitrogens is 3. The van der Waals surface area contributed by atoms with Crippen LogP contribution in [-0.2, 0) is 27.9 Å². The summed E-state index contributed by atoms with van der Waals surface area (Å²) in [4.78, 5) is 12.0. The van der Waals surface area contributed by atoms with Crippen LogP contribution < -0.4 is 4.74 Å². The van der Waals surface area contributed by atoms with Gasteiger partial charge in [0.05, 0.1) is 46.5 Å². The smallest absolute Gasteiger partial charge is 0.197 e. The fraction of sp³-hybridized carbons (Fsp3) is 0.294. The third kappa shape index (κ3) is 2.81. The first-order chi connectivity index (χ1) is 11.7. The minimum absolute atomic E-state index is 0.295. The van der Waals surface area contributed by atoms with Crippen LogP contribution in [0.4, 0.5) is 0 Å². The summed E-state index contributed by atoms with van der Waals surface area (Å²) < 4.78 is 23.9. The number of fused-ring (bicyclic) bond motifs is 2. The maximum atomic E-state index is 12.7. The van der Waals surface area contributed by atoms with E-state index in [1.54, 1.807) is 6.20 Å². The Hall–Kier alpha value is -2.25. The van der Waals surface area contributed by atoms with E-state index in [0.717, 1.165) is 33.6 Å². The lowest BCUT2D eigenvalue weighted by Crippen LogP contribution is -2.07. The lowest BCUT2D eigenvalue weighted by atomic mass is 10.1. The van der Waals surface area contributed by atoms with Crippen LogP contribution in [0, 0.1) is 6.92 Å². The van der Waals surface area contributed by atoms with Crippen molar-refractivity contribution < 1.29 is 13.7 Å². The maximum absolute atomic E-state index is 12.7. The summed E-state index contributed by atoms with van der Waals surface area (Å²) in [7, 11) is -1.30. The number of pyridine rings is 1. The van der Waals surface area contributed by atoms with E-state index in [-0.39, 0.29) is 0 Å². The van der Waals surface area contributed by atoms with Gasteiger partial charge in [0.2, 0.25) is 0 Å². The van der Waals surface area contributed by atoms with Gasteiger partial charge in [0, 0.05) is 17.3 Å². The van der Waals surface area contributed by atoms with Gasteiger partial charge in [-0.05, 0) is 19.1 Å². The van der Waals surface area contributed by atoms with Crippen molar-refractivity contribution in [1.82, 2.24) is 15.0 Å². The summed E-state index contributed by atoms with van der Waals surface area (Å²) in [5.74, 6) is 1.10. The predicted octanol–water partition coefficient (Wildman–Crippen LogP) is 2.48. The normalized spacial score (nSPS) is 15.5. The SMILES string of the molecule is Cc1c(CS(=O)c2nc3ccccc3[nH]2)ncc2c1OCCOC2. The Labute approximate surface area is 141 Å². The van der Waals surface area contributed by atoms with Gasteiger partial charge < -0.3 is 14.5 Å². The third-order valence-electron chi connectivity index (χ3n) is 4.02. The van der Waals surface area contributed by atoms with E-state index in [1.165, 1.54) is 0 Å². The molecule has 3 heterocycles. The minimum Gasteiger partial charge on any atom is -0.490 e. The number of ether oxygens (including phenoxy) is 2. The summed E-state index contributed by atoms with van der Waals surface area (Å²) in [5.41, 5.74) is 4.31. The van der Waals surface area contributed by atoms with E-state index in [1.807, 2.05) is 31.2 Å². The molecule has 1 aliphatic heterocycles. The molecule has 1 aromatic carbocycles. The molecule has 3 aromatic rings.